The van der Waals surface area contributed by atoms with Gasteiger partial charge in [-0.05, 0) is 29.7 Å². The average molecular weight is 312 g/mol. The van der Waals surface area contributed by atoms with Crippen molar-refractivity contribution < 1.29 is 4.74 Å². The number of benzene rings is 2. The predicted molar refractivity (Wildman–Crippen MR) is 97.1 cm³/mol. The van der Waals surface area contributed by atoms with E-state index in [-0.39, 0.29) is 0 Å². The minimum atomic E-state index is 0.710. The van der Waals surface area contributed by atoms with Crippen LogP contribution in [0.3, 0.4) is 0 Å². The Morgan fingerprint density at radius 2 is 1.57 bits per heavy atom. The van der Waals surface area contributed by atoms with Gasteiger partial charge < -0.3 is 10.2 Å². The molecule has 0 fully saturated rings. The zero-order valence-corrected chi connectivity index (χ0v) is 14.1. The lowest BCUT2D eigenvalue weighted by atomic mass is 10.1. The SMILES string of the molecule is CCCCCCOCc1ccc(CNNc2ccccc2)cc1. The number of nitrogens with one attached hydrogen (secondary N) is 2. The van der Waals surface area contributed by atoms with Crippen molar-refractivity contribution in [1.29, 1.82) is 0 Å². The maximum Gasteiger partial charge on any atom is 0.0716 e. The molecule has 0 aliphatic heterocycles. The summed E-state index contributed by atoms with van der Waals surface area (Å²) >= 11 is 0. The summed E-state index contributed by atoms with van der Waals surface area (Å²) < 4.78 is 5.72. The average Bonchev–Trinajstić information content (AvgIpc) is 2.60. The standard InChI is InChI=1S/C20H28N2O/c1-2-3-4-8-15-23-17-19-13-11-18(12-14-19)16-21-22-20-9-6-5-7-10-20/h5-7,9-14,21-22H,2-4,8,15-17H2,1H3. The molecule has 0 aromatic heterocycles. The lowest BCUT2D eigenvalue weighted by Gasteiger charge is -2.09. The highest BCUT2D eigenvalue weighted by molar-refractivity contribution is 5.41. The Labute approximate surface area is 140 Å². The molecule has 3 nitrogen and oxygen atoms in total. The Balaban J connectivity index is 1.62. The van der Waals surface area contributed by atoms with E-state index in [9.17, 15) is 0 Å². The molecule has 2 N–H and O–H groups in total. The van der Waals surface area contributed by atoms with Crippen LogP contribution in [-0.4, -0.2) is 6.61 Å². The molecule has 0 amide bonds. The molecule has 0 heterocycles. The van der Waals surface area contributed by atoms with Gasteiger partial charge >= 0.3 is 0 Å². The Kier molecular flexibility index (Phi) is 8.23. The van der Waals surface area contributed by atoms with E-state index in [1.54, 1.807) is 0 Å². The van der Waals surface area contributed by atoms with Gasteiger partial charge in [-0.2, -0.15) is 0 Å². The largest absolute Gasteiger partial charge is 0.377 e. The first kappa shape index (κ1) is 17.5. The van der Waals surface area contributed by atoms with Crippen molar-refractivity contribution in [3.63, 3.8) is 0 Å². The summed E-state index contributed by atoms with van der Waals surface area (Å²) in [6.07, 6.45) is 5.02. The Bertz CT molecular complexity index is 525. The second-order valence-corrected chi connectivity index (χ2v) is 5.77. The molecular formula is C20H28N2O. The summed E-state index contributed by atoms with van der Waals surface area (Å²) in [5, 5.41) is 0. The summed E-state index contributed by atoms with van der Waals surface area (Å²) in [6, 6.07) is 18.7. The first-order valence-corrected chi connectivity index (χ1v) is 8.58. The van der Waals surface area contributed by atoms with Crippen molar-refractivity contribution in [3.8, 4) is 0 Å². The molecular weight excluding hydrogens is 284 g/mol. The molecule has 0 aliphatic rings. The fourth-order valence-corrected chi connectivity index (χ4v) is 2.34. The molecule has 124 valence electrons. The van der Waals surface area contributed by atoms with Gasteiger partial charge in [0.15, 0.2) is 0 Å². The maximum absolute atomic E-state index is 5.72. The van der Waals surface area contributed by atoms with Gasteiger partial charge in [-0.25, -0.2) is 5.43 Å². The summed E-state index contributed by atoms with van der Waals surface area (Å²) in [5.41, 5.74) is 9.98. The highest BCUT2D eigenvalue weighted by Gasteiger charge is 1.96. The number of ether oxygens (including phenoxy) is 1. The van der Waals surface area contributed by atoms with Gasteiger partial charge in [0, 0.05) is 18.8 Å². The van der Waals surface area contributed by atoms with Crippen LogP contribution in [0.1, 0.15) is 43.7 Å². The van der Waals surface area contributed by atoms with E-state index in [1.165, 1.54) is 36.8 Å². The first-order valence-electron chi connectivity index (χ1n) is 8.58. The number of para-hydroxylation sites is 1. The first-order chi connectivity index (χ1) is 11.4. The Morgan fingerprint density at radius 3 is 2.30 bits per heavy atom. The van der Waals surface area contributed by atoms with Crippen LogP contribution < -0.4 is 10.9 Å². The fraction of sp³-hybridized carbons (Fsp3) is 0.400. The van der Waals surface area contributed by atoms with E-state index in [0.29, 0.717) is 6.61 Å². The van der Waals surface area contributed by atoms with E-state index in [0.717, 1.165) is 18.8 Å². The molecule has 0 atom stereocenters. The highest BCUT2D eigenvalue weighted by atomic mass is 16.5. The van der Waals surface area contributed by atoms with Crippen molar-refractivity contribution in [2.75, 3.05) is 12.0 Å². The van der Waals surface area contributed by atoms with Crippen molar-refractivity contribution >= 4 is 5.69 Å². The van der Waals surface area contributed by atoms with Gasteiger partial charge in [0.2, 0.25) is 0 Å². The predicted octanol–water partition coefficient (Wildman–Crippen LogP) is 4.90. The normalized spacial score (nSPS) is 10.7. The van der Waals surface area contributed by atoms with Crippen molar-refractivity contribution in [2.24, 2.45) is 0 Å². The molecule has 0 aliphatic carbocycles. The smallest absolute Gasteiger partial charge is 0.0716 e. The zero-order chi connectivity index (χ0) is 16.2. The summed E-state index contributed by atoms with van der Waals surface area (Å²) in [5.74, 6) is 0. The molecule has 0 saturated carbocycles. The molecule has 0 saturated heterocycles. The molecule has 0 spiro atoms. The van der Waals surface area contributed by atoms with E-state index in [1.807, 2.05) is 30.3 Å². The van der Waals surface area contributed by atoms with Crippen molar-refractivity contribution in [1.82, 2.24) is 5.43 Å². The Morgan fingerprint density at radius 1 is 0.826 bits per heavy atom. The number of anilines is 1. The van der Waals surface area contributed by atoms with Crippen LogP contribution in [0, 0.1) is 0 Å². The third-order valence-electron chi connectivity index (χ3n) is 3.73. The molecule has 23 heavy (non-hydrogen) atoms. The van der Waals surface area contributed by atoms with Gasteiger partial charge in [0.05, 0.1) is 6.61 Å². The molecule has 0 radical (unpaired) electrons. The fourth-order valence-electron chi connectivity index (χ4n) is 2.34. The lowest BCUT2D eigenvalue weighted by Crippen LogP contribution is -2.20. The number of unbranched alkanes of at least 4 members (excludes halogenated alkanes) is 3. The van der Waals surface area contributed by atoms with Gasteiger partial charge in [-0.15, -0.1) is 0 Å². The minimum Gasteiger partial charge on any atom is -0.377 e. The molecule has 2 rings (SSSR count). The number of hydrogen-bond donors (Lipinski definition) is 2. The Hall–Kier alpha value is -1.84. The maximum atomic E-state index is 5.72. The second-order valence-electron chi connectivity index (χ2n) is 5.77. The second kappa shape index (κ2) is 10.8. The van der Waals surface area contributed by atoms with Crippen LogP contribution >= 0.6 is 0 Å². The minimum absolute atomic E-state index is 0.710. The van der Waals surface area contributed by atoms with Gasteiger partial charge in [-0.1, -0.05) is 68.7 Å². The van der Waals surface area contributed by atoms with E-state index in [4.69, 9.17) is 4.74 Å². The lowest BCUT2D eigenvalue weighted by molar-refractivity contribution is 0.117. The van der Waals surface area contributed by atoms with Crippen LogP contribution in [-0.2, 0) is 17.9 Å². The van der Waals surface area contributed by atoms with E-state index < -0.39 is 0 Å². The van der Waals surface area contributed by atoms with Crippen LogP contribution in [0.4, 0.5) is 5.69 Å². The number of rotatable bonds is 11. The van der Waals surface area contributed by atoms with Crippen LogP contribution in [0.2, 0.25) is 0 Å². The van der Waals surface area contributed by atoms with Crippen LogP contribution in [0.5, 0.6) is 0 Å². The summed E-state index contributed by atoms with van der Waals surface area (Å²) in [4.78, 5) is 0. The van der Waals surface area contributed by atoms with Gasteiger partial charge in [0.25, 0.3) is 0 Å². The third kappa shape index (κ3) is 7.31. The van der Waals surface area contributed by atoms with Crippen molar-refractivity contribution in [3.05, 3.63) is 65.7 Å². The molecule has 2 aromatic rings. The van der Waals surface area contributed by atoms with Crippen molar-refractivity contribution in [2.45, 2.75) is 45.8 Å². The van der Waals surface area contributed by atoms with E-state index in [2.05, 4.69) is 42.0 Å². The summed E-state index contributed by atoms with van der Waals surface area (Å²) in [6.45, 7) is 4.59. The molecule has 2 aromatic carbocycles. The van der Waals surface area contributed by atoms with E-state index >= 15 is 0 Å². The molecule has 0 unspecified atom stereocenters. The monoisotopic (exact) mass is 312 g/mol. The summed E-state index contributed by atoms with van der Waals surface area (Å²) in [7, 11) is 0. The quantitative estimate of drug-likeness (QED) is 0.457. The van der Waals surface area contributed by atoms with Crippen LogP contribution in [0.15, 0.2) is 54.6 Å². The topological polar surface area (TPSA) is 33.3 Å². The molecule has 3 heteroatoms. The highest BCUT2D eigenvalue weighted by Crippen LogP contribution is 2.08. The number of hydrogen-bond acceptors (Lipinski definition) is 3. The van der Waals surface area contributed by atoms with Gasteiger partial charge in [-0.3, -0.25) is 0 Å². The van der Waals surface area contributed by atoms with Gasteiger partial charge in [0.1, 0.15) is 0 Å². The molecule has 0 bridgehead atoms. The number of hydrazine groups is 1. The third-order valence-corrected chi connectivity index (χ3v) is 3.73. The zero-order valence-electron chi connectivity index (χ0n) is 14.1. The van der Waals surface area contributed by atoms with Crippen LogP contribution in [0.25, 0.3) is 0 Å².